The molecule has 2 aromatic carbocycles. The van der Waals surface area contributed by atoms with E-state index < -0.39 is 5.91 Å². The van der Waals surface area contributed by atoms with Crippen LogP contribution in [0.15, 0.2) is 59.4 Å². The first-order valence-electron chi connectivity index (χ1n) is 9.67. The largest absolute Gasteiger partial charge is 0.494 e. The third-order valence-corrected chi connectivity index (χ3v) is 4.64. The molecule has 0 radical (unpaired) electrons. The van der Waals surface area contributed by atoms with Crippen molar-refractivity contribution >= 4 is 11.6 Å². The molecule has 0 aliphatic rings. The molecule has 1 N–H and O–H groups in total. The summed E-state index contributed by atoms with van der Waals surface area (Å²) in [6, 6.07) is 16.3. The maximum absolute atomic E-state index is 12.8. The second-order valence-corrected chi connectivity index (χ2v) is 6.90. The molecule has 1 heterocycles. The summed E-state index contributed by atoms with van der Waals surface area (Å²) in [6.45, 7) is 4.12. The Labute approximate surface area is 170 Å². The summed E-state index contributed by atoms with van der Waals surface area (Å²) in [5, 5.41) is 7.09. The molecule has 0 saturated carbocycles. The molecule has 6 nitrogen and oxygen atoms in total. The Bertz CT molecular complexity index is 1040. The Balaban J connectivity index is 1.88. The van der Waals surface area contributed by atoms with Crippen LogP contribution in [0, 0.1) is 6.92 Å². The Morgan fingerprint density at radius 2 is 1.79 bits per heavy atom. The summed E-state index contributed by atoms with van der Waals surface area (Å²) < 4.78 is 6.42. The van der Waals surface area contributed by atoms with Gasteiger partial charge in [-0.2, -0.15) is 9.78 Å². The molecule has 1 aromatic heterocycles. The van der Waals surface area contributed by atoms with Crippen molar-refractivity contribution in [1.82, 2.24) is 9.78 Å². The lowest BCUT2D eigenvalue weighted by atomic mass is 10.1. The predicted molar refractivity (Wildman–Crippen MR) is 114 cm³/mol. The fraction of sp³-hybridized carbons (Fsp3) is 0.261. The van der Waals surface area contributed by atoms with E-state index in [9.17, 15) is 9.59 Å². The zero-order chi connectivity index (χ0) is 20.8. The molecular weight excluding hydrogens is 366 g/mol. The molecular formula is C23H25N3O3. The van der Waals surface area contributed by atoms with Crippen molar-refractivity contribution in [2.45, 2.75) is 33.1 Å². The van der Waals surface area contributed by atoms with Gasteiger partial charge in [0.15, 0.2) is 11.4 Å². The molecule has 0 fully saturated rings. The number of amides is 1. The normalized spacial score (nSPS) is 10.6. The minimum absolute atomic E-state index is 0.0442. The standard InChI is InChI=1S/C23H25N3O3/c1-4-5-6-17-9-11-18(12-10-17)24-23(28)22-20(29-3)15-21(27)26(25-22)19-13-7-16(2)8-14-19/h7-15H,4-6H2,1-3H3,(H,24,28). The van der Waals surface area contributed by atoms with Crippen molar-refractivity contribution in [2.24, 2.45) is 0 Å². The number of nitrogens with zero attached hydrogens (tertiary/aromatic N) is 2. The van der Waals surface area contributed by atoms with Gasteiger partial charge in [-0.1, -0.05) is 43.2 Å². The van der Waals surface area contributed by atoms with Gasteiger partial charge in [0.25, 0.3) is 11.5 Å². The second-order valence-electron chi connectivity index (χ2n) is 6.90. The first-order chi connectivity index (χ1) is 14.0. The van der Waals surface area contributed by atoms with Gasteiger partial charge in [0, 0.05) is 5.69 Å². The summed E-state index contributed by atoms with van der Waals surface area (Å²) in [4.78, 5) is 25.3. The molecule has 0 unspecified atom stereocenters. The maximum atomic E-state index is 12.8. The Kier molecular flexibility index (Phi) is 6.44. The molecule has 1 amide bonds. The zero-order valence-electron chi connectivity index (χ0n) is 16.9. The van der Waals surface area contributed by atoms with Crippen LogP contribution in [0.25, 0.3) is 5.69 Å². The number of hydrogen-bond acceptors (Lipinski definition) is 4. The van der Waals surface area contributed by atoms with Crippen molar-refractivity contribution < 1.29 is 9.53 Å². The number of ether oxygens (including phenoxy) is 1. The van der Waals surface area contributed by atoms with Gasteiger partial charge in [-0.15, -0.1) is 0 Å². The highest BCUT2D eigenvalue weighted by molar-refractivity contribution is 6.04. The summed E-state index contributed by atoms with van der Waals surface area (Å²) in [5.74, 6) is -0.306. The Morgan fingerprint density at radius 1 is 1.10 bits per heavy atom. The smallest absolute Gasteiger partial charge is 0.279 e. The Hall–Kier alpha value is -3.41. The average molecular weight is 391 g/mol. The summed E-state index contributed by atoms with van der Waals surface area (Å²) in [7, 11) is 1.41. The molecule has 6 heteroatoms. The van der Waals surface area contributed by atoms with Gasteiger partial charge in [-0.3, -0.25) is 9.59 Å². The lowest BCUT2D eigenvalue weighted by Crippen LogP contribution is -2.26. The van der Waals surface area contributed by atoms with E-state index in [1.807, 2.05) is 43.3 Å². The third-order valence-electron chi connectivity index (χ3n) is 4.64. The van der Waals surface area contributed by atoms with E-state index in [2.05, 4.69) is 17.3 Å². The number of carbonyl (C=O) groups excluding carboxylic acids is 1. The van der Waals surface area contributed by atoms with Crippen molar-refractivity contribution in [1.29, 1.82) is 0 Å². The highest BCUT2D eigenvalue weighted by Gasteiger charge is 2.18. The van der Waals surface area contributed by atoms with E-state index >= 15 is 0 Å². The SMILES string of the molecule is CCCCc1ccc(NC(=O)c2nn(-c3ccc(C)cc3)c(=O)cc2OC)cc1. The maximum Gasteiger partial charge on any atom is 0.279 e. The van der Waals surface area contributed by atoms with E-state index in [1.165, 1.54) is 23.4 Å². The average Bonchev–Trinajstić information content (AvgIpc) is 2.73. The number of methoxy groups -OCH3 is 1. The van der Waals surface area contributed by atoms with Gasteiger partial charge in [0.05, 0.1) is 18.9 Å². The fourth-order valence-corrected chi connectivity index (χ4v) is 2.95. The third kappa shape index (κ3) is 4.90. The highest BCUT2D eigenvalue weighted by atomic mass is 16.5. The first kappa shape index (κ1) is 20.3. The number of hydrogen-bond donors (Lipinski definition) is 1. The molecule has 29 heavy (non-hydrogen) atoms. The molecule has 0 atom stereocenters. The van der Waals surface area contributed by atoms with Crippen molar-refractivity contribution in [3.05, 3.63) is 81.8 Å². The highest BCUT2D eigenvalue weighted by Crippen LogP contribution is 2.18. The minimum atomic E-state index is -0.441. The van der Waals surface area contributed by atoms with E-state index in [-0.39, 0.29) is 17.0 Å². The van der Waals surface area contributed by atoms with Gasteiger partial charge in [0.2, 0.25) is 0 Å². The van der Waals surface area contributed by atoms with Gasteiger partial charge in [-0.05, 0) is 49.6 Å². The van der Waals surface area contributed by atoms with Crippen molar-refractivity contribution in [2.75, 3.05) is 12.4 Å². The number of aryl methyl sites for hydroxylation is 2. The van der Waals surface area contributed by atoms with E-state index in [1.54, 1.807) is 12.1 Å². The fourth-order valence-electron chi connectivity index (χ4n) is 2.95. The Morgan fingerprint density at radius 3 is 2.41 bits per heavy atom. The van der Waals surface area contributed by atoms with Crippen LogP contribution in [-0.2, 0) is 6.42 Å². The van der Waals surface area contributed by atoms with Gasteiger partial charge in [-0.25, -0.2) is 0 Å². The lowest BCUT2D eigenvalue weighted by molar-refractivity contribution is 0.101. The number of rotatable bonds is 7. The van der Waals surface area contributed by atoms with Crippen LogP contribution in [0.2, 0.25) is 0 Å². The van der Waals surface area contributed by atoms with E-state index in [0.717, 1.165) is 24.8 Å². The zero-order valence-corrected chi connectivity index (χ0v) is 16.9. The van der Waals surface area contributed by atoms with Crippen LogP contribution in [0.3, 0.4) is 0 Å². The van der Waals surface area contributed by atoms with Crippen LogP contribution < -0.4 is 15.6 Å². The summed E-state index contributed by atoms with van der Waals surface area (Å²) in [6.07, 6.45) is 3.29. The number of anilines is 1. The molecule has 0 aliphatic heterocycles. The van der Waals surface area contributed by atoms with Crippen molar-refractivity contribution in [3.8, 4) is 11.4 Å². The number of aromatic nitrogens is 2. The van der Waals surface area contributed by atoms with Crippen LogP contribution in [0.1, 0.15) is 41.4 Å². The predicted octanol–water partition coefficient (Wildman–Crippen LogP) is 4.14. The first-order valence-corrected chi connectivity index (χ1v) is 9.67. The molecule has 0 aliphatic carbocycles. The van der Waals surface area contributed by atoms with Crippen LogP contribution >= 0.6 is 0 Å². The quantitative estimate of drug-likeness (QED) is 0.657. The van der Waals surface area contributed by atoms with Crippen LogP contribution in [0.5, 0.6) is 5.75 Å². The monoisotopic (exact) mass is 391 g/mol. The minimum Gasteiger partial charge on any atom is -0.494 e. The number of nitrogens with one attached hydrogen (secondary N) is 1. The van der Waals surface area contributed by atoms with Gasteiger partial charge >= 0.3 is 0 Å². The lowest BCUT2D eigenvalue weighted by Gasteiger charge is -2.12. The summed E-state index contributed by atoms with van der Waals surface area (Å²) in [5.41, 5.74) is 3.21. The molecule has 0 spiro atoms. The molecule has 150 valence electrons. The molecule has 0 saturated heterocycles. The topological polar surface area (TPSA) is 73.2 Å². The van der Waals surface area contributed by atoms with E-state index in [0.29, 0.717) is 11.4 Å². The van der Waals surface area contributed by atoms with Gasteiger partial charge in [0.1, 0.15) is 0 Å². The molecule has 3 aromatic rings. The van der Waals surface area contributed by atoms with Gasteiger partial charge < -0.3 is 10.1 Å². The van der Waals surface area contributed by atoms with Crippen LogP contribution in [0.4, 0.5) is 5.69 Å². The number of benzene rings is 2. The number of unbranched alkanes of at least 4 members (excludes halogenated alkanes) is 1. The van der Waals surface area contributed by atoms with E-state index in [4.69, 9.17) is 4.74 Å². The number of carbonyl (C=O) groups is 1. The summed E-state index contributed by atoms with van der Waals surface area (Å²) >= 11 is 0. The van der Waals surface area contributed by atoms with Crippen molar-refractivity contribution in [3.63, 3.8) is 0 Å². The molecule has 0 bridgehead atoms. The second kappa shape index (κ2) is 9.19. The van der Waals surface area contributed by atoms with Crippen LogP contribution in [-0.4, -0.2) is 22.8 Å². The molecule has 3 rings (SSSR count).